The molecule has 112 valence electrons. The Morgan fingerprint density at radius 1 is 1.14 bits per heavy atom. The molecule has 5 heteroatoms. The van der Waals surface area contributed by atoms with Crippen LogP contribution in [0.5, 0.6) is 17.2 Å². The van der Waals surface area contributed by atoms with Crippen molar-refractivity contribution in [2.45, 2.75) is 26.5 Å². The van der Waals surface area contributed by atoms with E-state index in [0.717, 1.165) is 36.8 Å². The quantitative estimate of drug-likeness (QED) is 0.794. The molecule has 3 rings (SSSR count). The topological polar surface area (TPSA) is 39.7 Å². The molecule has 1 aliphatic rings. The van der Waals surface area contributed by atoms with Gasteiger partial charge in [0.15, 0.2) is 11.5 Å². The molecule has 0 saturated heterocycles. The molecular formula is C16H19NO3S. The Hall–Kier alpha value is -1.72. The third-order valence-corrected chi connectivity index (χ3v) is 4.23. The second kappa shape index (κ2) is 6.83. The first kappa shape index (κ1) is 14.2. The lowest BCUT2D eigenvalue weighted by Crippen LogP contribution is -2.12. The van der Waals surface area contributed by atoms with Crippen molar-refractivity contribution in [2.24, 2.45) is 0 Å². The summed E-state index contributed by atoms with van der Waals surface area (Å²) in [4.78, 5) is 2.56. The van der Waals surface area contributed by atoms with E-state index < -0.39 is 0 Å². The summed E-state index contributed by atoms with van der Waals surface area (Å²) in [6.45, 7) is 5.03. The number of nitrogens with one attached hydrogen (secondary N) is 1. The van der Waals surface area contributed by atoms with Crippen molar-refractivity contribution in [3.63, 3.8) is 0 Å². The van der Waals surface area contributed by atoms with E-state index >= 15 is 0 Å². The van der Waals surface area contributed by atoms with Gasteiger partial charge in [-0.2, -0.15) is 0 Å². The summed E-state index contributed by atoms with van der Waals surface area (Å²) >= 11 is 1.78. The monoisotopic (exact) mass is 305 g/mol. The minimum atomic E-state index is 0.290. The minimum absolute atomic E-state index is 0.290. The molecule has 0 saturated carbocycles. The lowest BCUT2D eigenvalue weighted by atomic mass is 10.3. The zero-order chi connectivity index (χ0) is 14.5. The molecule has 2 heterocycles. The van der Waals surface area contributed by atoms with Crippen molar-refractivity contribution in [1.29, 1.82) is 0 Å². The Morgan fingerprint density at radius 3 is 2.90 bits per heavy atom. The lowest BCUT2D eigenvalue weighted by molar-refractivity contribution is 0.173. The van der Waals surface area contributed by atoms with E-state index in [4.69, 9.17) is 14.2 Å². The van der Waals surface area contributed by atoms with Gasteiger partial charge in [-0.05, 0) is 37.2 Å². The van der Waals surface area contributed by atoms with Crippen LogP contribution in [0.2, 0.25) is 0 Å². The van der Waals surface area contributed by atoms with Crippen LogP contribution in [0.3, 0.4) is 0 Å². The van der Waals surface area contributed by atoms with Crippen LogP contribution in [0, 0.1) is 0 Å². The summed E-state index contributed by atoms with van der Waals surface area (Å²) in [7, 11) is 0. The summed E-state index contributed by atoms with van der Waals surface area (Å²) in [5, 5.41) is 3.41. The summed E-state index contributed by atoms with van der Waals surface area (Å²) in [5.74, 6) is 2.34. The molecule has 0 bridgehead atoms. The maximum atomic E-state index is 5.81. The molecule has 0 atom stereocenters. The van der Waals surface area contributed by atoms with Crippen LogP contribution in [0.1, 0.15) is 23.1 Å². The Labute approximate surface area is 128 Å². The average molecular weight is 305 g/mol. The van der Waals surface area contributed by atoms with Crippen LogP contribution >= 0.6 is 11.3 Å². The van der Waals surface area contributed by atoms with Gasteiger partial charge in [-0.15, -0.1) is 11.3 Å². The van der Waals surface area contributed by atoms with E-state index in [2.05, 4.69) is 24.4 Å². The molecule has 0 radical (unpaired) electrons. The first-order valence-corrected chi connectivity index (χ1v) is 7.97. The third-order valence-electron chi connectivity index (χ3n) is 3.17. The number of fused-ring (bicyclic) bond motifs is 1. The highest BCUT2D eigenvalue weighted by atomic mass is 32.1. The molecule has 0 amide bonds. The minimum Gasteiger partial charge on any atom is -0.488 e. The SMILES string of the molecule is CCCNCc1ccc(COc2ccc3c(c2)OCO3)s1. The molecule has 0 unspecified atom stereocenters. The predicted octanol–water partition coefficient (Wildman–Crippen LogP) is 3.56. The Bertz CT molecular complexity index is 597. The molecule has 4 nitrogen and oxygen atoms in total. The first-order valence-electron chi connectivity index (χ1n) is 7.16. The first-order chi connectivity index (χ1) is 10.3. The largest absolute Gasteiger partial charge is 0.488 e. The second-order valence-electron chi connectivity index (χ2n) is 4.85. The summed E-state index contributed by atoms with van der Waals surface area (Å²) in [5.41, 5.74) is 0. The fraction of sp³-hybridized carbons (Fsp3) is 0.375. The van der Waals surface area contributed by atoms with Crippen LogP contribution in [-0.2, 0) is 13.2 Å². The van der Waals surface area contributed by atoms with Crippen LogP contribution < -0.4 is 19.5 Å². The van der Waals surface area contributed by atoms with E-state index in [-0.39, 0.29) is 6.79 Å². The predicted molar refractivity (Wildman–Crippen MR) is 83.2 cm³/mol. The van der Waals surface area contributed by atoms with Crippen LogP contribution in [-0.4, -0.2) is 13.3 Å². The number of ether oxygens (including phenoxy) is 3. The van der Waals surface area contributed by atoms with Gasteiger partial charge in [-0.1, -0.05) is 6.92 Å². The highest BCUT2D eigenvalue weighted by Gasteiger charge is 2.13. The lowest BCUT2D eigenvalue weighted by Gasteiger charge is -2.05. The van der Waals surface area contributed by atoms with Crippen LogP contribution in [0.15, 0.2) is 30.3 Å². The number of hydrogen-bond donors (Lipinski definition) is 1. The molecule has 0 fully saturated rings. The van der Waals surface area contributed by atoms with Gasteiger partial charge in [0.25, 0.3) is 0 Å². The Balaban J connectivity index is 1.53. The molecular weight excluding hydrogens is 286 g/mol. The van der Waals surface area contributed by atoms with E-state index in [1.807, 2.05) is 18.2 Å². The van der Waals surface area contributed by atoms with Gasteiger partial charge in [0.05, 0.1) is 0 Å². The molecule has 0 spiro atoms. The van der Waals surface area contributed by atoms with E-state index in [0.29, 0.717) is 6.61 Å². The molecule has 1 aliphatic heterocycles. The number of benzene rings is 1. The number of rotatable bonds is 7. The average Bonchev–Trinajstić information content (AvgIpc) is 3.13. The second-order valence-corrected chi connectivity index (χ2v) is 6.10. The van der Waals surface area contributed by atoms with Gasteiger partial charge in [0, 0.05) is 22.4 Å². The summed E-state index contributed by atoms with van der Waals surface area (Å²) < 4.78 is 16.4. The van der Waals surface area contributed by atoms with Crippen molar-refractivity contribution in [3.05, 3.63) is 40.1 Å². The van der Waals surface area contributed by atoms with Gasteiger partial charge >= 0.3 is 0 Å². The van der Waals surface area contributed by atoms with Gasteiger partial charge < -0.3 is 19.5 Å². The van der Waals surface area contributed by atoms with Crippen molar-refractivity contribution < 1.29 is 14.2 Å². The number of thiophene rings is 1. The van der Waals surface area contributed by atoms with Crippen molar-refractivity contribution in [3.8, 4) is 17.2 Å². The van der Waals surface area contributed by atoms with Crippen LogP contribution in [0.25, 0.3) is 0 Å². The molecule has 1 aromatic carbocycles. The molecule has 1 aromatic heterocycles. The molecule has 0 aliphatic carbocycles. The van der Waals surface area contributed by atoms with Gasteiger partial charge in [-0.3, -0.25) is 0 Å². The van der Waals surface area contributed by atoms with Crippen molar-refractivity contribution >= 4 is 11.3 Å². The summed E-state index contributed by atoms with van der Waals surface area (Å²) in [6.07, 6.45) is 1.16. The van der Waals surface area contributed by atoms with Gasteiger partial charge in [0.2, 0.25) is 6.79 Å². The fourth-order valence-corrected chi connectivity index (χ4v) is 3.01. The van der Waals surface area contributed by atoms with Gasteiger partial charge in [-0.25, -0.2) is 0 Å². The zero-order valence-electron chi connectivity index (χ0n) is 12.1. The standard InChI is InChI=1S/C16H19NO3S/c1-2-7-17-9-13-4-5-14(21-13)10-18-12-3-6-15-16(8-12)20-11-19-15/h3-6,8,17H,2,7,9-11H2,1H3. The highest BCUT2D eigenvalue weighted by Crippen LogP contribution is 2.35. The molecule has 2 aromatic rings. The fourth-order valence-electron chi connectivity index (χ4n) is 2.10. The van der Waals surface area contributed by atoms with E-state index in [1.54, 1.807) is 11.3 Å². The van der Waals surface area contributed by atoms with Crippen LogP contribution in [0.4, 0.5) is 0 Å². The van der Waals surface area contributed by atoms with E-state index in [9.17, 15) is 0 Å². The third kappa shape index (κ3) is 3.68. The zero-order valence-corrected chi connectivity index (χ0v) is 12.9. The Kier molecular flexibility index (Phi) is 4.62. The number of hydrogen-bond acceptors (Lipinski definition) is 5. The molecule has 1 N–H and O–H groups in total. The smallest absolute Gasteiger partial charge is 0.231 e. The summed E-state index contributed by atoms with van der Waals surface area (Å²) in [6, 6.07) is 9.95. The molecule has 21 heavy (non-hydrogen) atoms. The maximum absolute atomic E-state index is 5.81. The highest BCUT2D eigenvalue weighted by molar-refractivity contribution is 7.11. The maximum Gasteiger partial charge on any atom is 0.231 e. The van der Waals surface area contributed by atoms with Gasteiger partial charge in [0.1, 0.15) is 12.4 Å². The van der Waals surface area contributed by atoms with Crippen molar-refractivity contribution in [1.82, 2.24) is 5.32 Å². The Morgan fingerprint density at radius 2 is 2.00 bits per heavy atom. The van der Waals surface area contributed by atoms with Crippen molar-refractivity contribution in [2.75, 3.05) is 13.3 Å². The van der Waals surface area contributed by atoms with E-state index in [1.165, 1.54) is 9.75 Å². The normalized spacial score (nSPS) is 12.6.